The molecule has 0 radical (unpaired) electrons. The minimum atomic E-state index is -0.655. The summed E-state index contributed by atoms with van der Waals surface area (Å²) in [7, 11) is 0. The fourth-order valence-corrected chi connectivity index (χ4v) is 4.34. The standard InChI is InChI=1S/C26H32Cl2N2O3/c1-17-9-11-22(13-18(17)2)33-16-25(31)30(15-20-10-12-23(27)24(28)14-20)19(3)26(32)29-21-7-5-4-6-8-21/h9-14,19,21H,4-8,15-16H2,1-3H3,(H,29,32)/t19-/m1/s1. The van der Waals surface area contributed by atoms with Crippen molar-refractivity contribution in [2.24, 2.45) is 0 Å². The molecule has 3 rings (SSSR count). The summed E-state index contributed by atoms with van der Waals surface area (Å²) in [6.07, 6.45) is 5.41. The number of carbonyl (C=O) groups is 2. The van der Waals surface area contributed by atoms with Gasteiger partial charge in [0.15, 0.2) is 6.61 Å². The molecule has 1 atom stereocenters. The Balaban J connectivity index is 1.73. The van der Waals surface area contributed by atoms with Crippen LogP contribution in [0.25, 0.3) is 0 Å². The van der Waals surface area contributed by atoms with E-state index in [-0.39, 0.29) is 31.0 Å². The molecule has 33 heavy (non-hydrogen) atoms. The highest BCUT2D eigenvalue weighted by atomic mass is 35.5. The zero-order valence-electron chi connectivity index (χ0n) is 19.5. The quantitative estimate of drug-likeness (QED) is 0.504. The van der Waals surface area contributed by atoms with E-state index >= 15 is 0 Å². The Morgan fingerprint density at radius 3 is 2.42 bits per heavy atom. The number of halogens is 2. The first-order valence-corrected chi connectivity index (χ1v) is 12.2. The number of benzene rings is 2. The van der Waals surface area contributed by atoms with Crippen molar-refractivity contribution < 1.29 is 14.3 Å². The van der Waals surface area contributed by atoms with Gasteiger partial charge in [-0.25, -0.2) is 0 Å². The number of hydrogen-bond acceptors (Lipinski definition) is 3. The number of hydrogen-bond donors (Lipinski definition) is 1. The first kappa shape index (κ1) is 25.4. The molecule has 1 aliphatic rings. The number of ether oxygens (including phenoxy) is 1. The lowest BCUT2D eigenvalue weighted by molar-refractivity contribution is -0.142. The predicted octanol–water partition coefficient (Wildman–Crippen LogP) is 5.86. The highest BCUT2D eigenvalue weighted by Crippen LogP contribution is 2.24. The topological polar surface area (TPSA) is 58.6 Å². The summed E-state index contributed by atoms with van der Waals surface area (Å²) in [5, 5.41) is 3.98. The second kappa shape index (κ2) is 11.8. The van der Waals surface area contributed by atoms with Crippen LogP contribution < -0.4 is 10.1 Å². The fourth-order valence-electron chi connectivity index (χ4n) is 4.02. The van der Waals surface area contributed by atoms with Gasteiger partial charge in [0.25, 0.3) is 5.91 Å². The van der Waals surface area contributed by atoms with Gasteiger partial charge in [0, 0.05) is 12.6 Å². The molecule has 0 bridgehead atoms. The monoisotopic (exact) mass is 490 g/mol. The van der Waals surface area contributed by atoms with Gasteiger partial charge in [-0.1, -0.05) is 54.6 Å². The van der Waals surface area contributed by atoms with E-state index in [9.17, 15) is 9.59 Å². The van der Waals surface area contributed by atoms with Crippen LogP contribution in [0.15, 0.2) is 36.4 Å². The van der Waals surface area contributed by atoms with Crippen molar-refractivity contribution in [2.45, 2.75) is 71.5 Å². The third-order valence-electron chi connectivity index (χ3n) is 6.30. The van der Waals surface area contributed by atoms with E-state index in [4.69, 9.17) is 27.9 Å². The smallest absolute Gasteiger partial charge is 0.261 e. The molecule has 178 valence electrons. The Morgan fingerprint density at radius 1 is 1.03 bits per heavy atom. The van der Waals surface area contributed by atoms with Gasteiger partial charge in [0.05, 0.1) is 10.0 Å². The van der Waals surface area contributed by atoms with Crippen LogP contribution in [0.4, 0.5) is 0 Å². The van der Waals surface area contributed by atoms with Crippen LogP contribution in [0.2, 0.25) is 10.0 Å². The molecule has 0 aromatic heterocycles. The van der Waals surface area contributed by atoms with E-state index in [1.54, 1.807) is 24.0 Å². The largest absolute Gasteiger partial charge is 0.484 e. The molecule has 1 saturated carbocycles. The molecule has 1 fully saturated rings. The molecular weight excluding hydrogens is 459 g/mol. The molecule has 0 unspecified atom stereocenters. The maximum Gasteiger partial charge on any atom is 0.261 e. The normalized spacial score (nSPS) is 15.1. The van der Waals surface area contributed by atoms with Gasteiger partial charge in [-0.3, -0.25) is 9.59 Å². The van der Waals surface area contributed by atoms with E-state index in [0.29, 0.717) is 15.8 Å². The number of carbonyl (C=O) groups excluding carboxylic acids is 2. The lowest BCUT2D eigenvalue weighted by atomic mass is 9.95. The predicted molar refractivity (Wildman–Crippen MR) is 133 cm³/mol. The van der Waals surface area contributed by atoms with Crippen LogP contribution in [-0.2, 0) is 16.1 Å². The van der Waals surface area contributed by atoms with E-state index < -0.39 is 6.04 Å². The Hall–Kier alpha value is -2.24. The molecule has 7 heteroatoms. The Kier molecular flexibility index (Phi) is 9.04. The lowest BCUT2D eigenvalue weighted by Crippen LogP contribution is -2.51. The fraction of sp³-hybridized carbons (Fsp3) is 0.462. The number of rotatable bonds is 8. The minimum Gasteiger partial charge on any atom is -0.484 e. The highest BCUT2D eigenvalue weighted by molar-refractivity contribution is 6.42. The molecule has 1 N–H and O–H groups in total. The Morgan fingerprint density at radius 2 is 1.76 bits per heavy atom. The highest BCUT2D eigenvalue weighted by Gasteiger charge is 2.28. The van der Waals surface area contributed by atoms with Gasteiger partial charge in [0.1, 0.15) is 11.8 Å². The van der Waals surface area contributed by atoms with E-state index in [2.05, 4.69) is 5.32 Å². The third-order valence-corrected chi connectivity index (χ3v) is 7.04. The third kappa shape index (κ3) is 7.12. The van der Waals surface area contributed by atoms with E-state index in [1.807, 2.05) is 38.1 Å². The second-order valence-corrected chi connectivity index (χ2v) is 9.64. The van der Waals surface area contributed by atoms with Crippen LogP contribution in [-0.4, -0.2) is 35.4 Å². The van der Waals surface area contributed by atoms with E-state index in [1.165, 1.54) is 6.42 Å². The summed E-state index contributed by atoms with van der Waals surface area (Å²) >= 11 is 12.2. The maximum absolute atomic E-state index is 13.2. The number of amides is 2. The Labute approximate surface area is 206 Å². The molecule has 0 aliphatic heterocycles. The SMILES string of the molecule is Cc1ccc(OCC(=O)N(Cc2ccc(Cl)c(Cl)c2)[C@H](C)C(=O)NC2CCCCC2)cc1C. The van der Waals surface area contributed by atoms with Gasteiger partial charge in [0.2, 0.25) is 5.91 Å². The average molecular weight is 491 g/mol. The van der Waals surface area contributed by atoms with Crippen LogP contribution in [0.1, 0.15) is 55.7 Å². The second-order valence-electron chi connectivity index (χ2n) is 8.82. The van der Waals surface area contributed by atoms with Crippen molar-refractivity contribution in [1.29, 1.82) is 0 Å². The minimum absolute atomic E-state index is 0.151. The number of aryl methyl sites for hydroxylation is 2. The van der Waals surface area contributed by atoms with Gasteiger partial charge >= 0.3 is 0 Å². The zero-order valence-corrected chi connectivity index (χ0v) is 21.0. The van der Waals surface area contributed by atoms with Gasteiger partial charge in [-0.15, -0.1) is 0 Å². The van der Waals surface area contributed by atoms with Crippen LogP contribution in [0.5, 0.6) is 5.75 Å². The molecule has 5 nitrogen and oxygen atoms in total. The molecule has 0 saturated heterocycles. The Bertz CT molecular complexity index is 989. The van der Waals surface area contributed by atoms with Crippen molar-refractivity contribution in [3.8, 4) is 5.75 Å². The molecular formula is C26H32Cl2N2O3. The van der Waals surface area contributed by atoms with Crippen molar-refractivity contribution in [3.63, 3.8) is 0 Å². The van der Waals surface area contributed by atoms with Crippen LogP contribution in [0, 0.1) is 13.8 Å². The van der Waals surface area contributed by atoms with Crippen molar-refractivity contribution in [2.75, 3.05) is 6.61 Å². The van der Waals surface area contributed by atoms with Gasteiger partial charge < -0.3 is 15.0 Å². The first-order valence-electron chi connectivity index (χ1n) is 11.5. The number of nitrogens with one attached hydrogen (secondary N) is 1. The maximum atomic E-state index is 13.2. The van der Waals surface area contributed by atoms with Crippen LogP contribution >= 0.6 is 23.2 Å². The summed E-state index contributed by atoms with van der Waals surface area (Å²) < 4.78 is 5.77. The summed E-state index contributed by atoms with van der Waals surface area (Å²) in [6, 6.07) is 10.5. The van der Waals surface area contributed by atoms with Crippen molar-refractivity contribution in [3.05, 3.63) is 63.1 Å². The summed E-state index contributed by atoms with van der Waals surface area (Å²) in [5.74, 6) is 0.201. The zero-order chi connectivity index (χ0) is 24.0. The summed E-state index contributed by atoms with van der Waals surface area (Å²) in [4.78, 5) is 27.8. The van der Waals surface area contributed by atoms with Crippen molar-refractivity contribution in [1.82, 2.24) is 10.2 Å². The van der Waals surface area contributed by atoms with E-state index in [0.717, 1.165) is 42.4 Å². The molecule has 0 spiro atoms. The van der Waals surface area contributed by atoms with Crippen LogP contribution in [0.3, 0.4) is 0 Å². The molecule has 0 heterocycles. The average Bonchev–Trinajstić information content (AvgIpc) is 2.80. The number of nitrogens with zero attached hydrogens (tertiary/aromatic N) is 1. The lowest BCUT2D eigenvalue weighted by Gasteiger charge is -2.31. The van der Waals surface area contributed by atoms with Crippen molar-refractivity contribution >= 4 is 35.0 Å². The summed E-state index contributed by atoms with van der Waals surface area (Å²) in [6.45, 7) is 5.84. The summed E-state index contributed by atoms with van der Waals surface area (Å²) in [5.41, 5.74) is 3.04. The molecule has 1 aliphatic carbocycles. The molecule has 2 amide bonds. The molecule has 2 aromatic carbocycles. The van der Waals surface area contributed by atoms with Gasteiger partial charge in [-0.2, -0.15) is 0 Å². The first-order chi connectivity index (χ1) is 15.7. The van der Waals surface area contributed by atoms with Gasteiger partial charge in [-0.05, 0) is 74.6 Å². The molecule has 2 aromatic rings.